The fourth-order valence-electron chi connectivity index (χ4n) is 1.74. The van der Waals surface area contributed by atoms with E-state index in [9.17, 15) is 0 Å². The van der Waals surface area contributed by atoms with Gasteiger partial charge in [0.25, 0.3) is 0 Å². The Labute approximate surface area is 212 Å². The third kappa shape index (κ3) is 6.01. The van der Waals surface area contributed by atoms with Crippen molar-refractivity contribution in [3.8, 4) is 0 Å². The molecule has 0 N–H and O–H groups in total. The number of rotatable bonds is 1. The largest absolute Gasteiger partial charge is 1.00 e. The SMILES string of the molecule is CSc1ncnc2c(Br)csc12.C[S-].Clc1ncnc2c(Br)csc12.[Na+]. The van der Waals surface area contributed by atoms with Gasteiger partial charge in [0.1, 0.15) is 28.4 Å². The molecule has 0 saturated heterocycles. The van der Waals surface area contributed by atoms with Gasteiger partial charge in [-0.3, -0.25) is 0 Å². The Kier molecular flexibility index (Phi) is 12.1. The van der Waals surface area contributed by atoms with Crippen LogP contribution in [0.15, 0.2) is 37.4 Å². The molecule has 4 heterocycles. The van der Waals surface area contributed by atoms with Crippen LogP contribution in [0.5, 0.6) is 0 Å². The molecule has 0 spiro atoms. The van der Waals surface area contributed by atoms with Crippen LogP contribution in [0.25, 0.3) is 20.4 Å². The van der Waals surface area contributed by atoms with Crippen molar-refractivity contribution in [2.24, 2.45) is 0 Å². The molecule has 132 valence electrons. The topological polar surface area (TPSA) is 51.6 Å². The van der Waals surface area contributed by atoms with E-state index < -0.39 is 0 Å². The molecule has 26 heavy (non-hydrogen) atoms. The van der Waals surface area contributed by atoms with Crippen molar-refractivity contribution in [3.05, 3.63) is 37.5 Å². The number of halogens is 3. The van der Waals surface area contributed by atoms with Crippen molar-refractivity contribution in [1.82, 2.24) is 19.9 Å². The number of hydrogen-bond acceptors (Lipinski definition) is 8. The monoisotopic (exact) mass is 578 g/mol. The molecule has 0 fully saturated rings. The predicted molar refractivity (Wildman–Crippen MR) is 120 cm³/mol. The first-order valence-electron chi connectivity index (χ1n) is 6.47. The smallest absolute Gasteiger partial charge is 0.796 e. The van der Waals surface area contributed by atoms with Gasteiger partial charge in [0.2, 0.25) is 0 Å². The molecule has 0 radical (unpaired) electrons. The molecule has 0 saturated carbocycles. The second-order valence-corrected chi connectivity index (χ2v) is 8.69. The Morgan fingerprint density at radius 3 is 1.96 bits per heavy atom. The Hall–Kier alpha value is 1.03. The van der Waals surface area contributed by atoms with Gasteiger partial charge in [-0.25, -0.2) is 19.9 Å². The molecule has 4 aromatic heterocycles. The van der Waals surface area contributed by atoms with E-state index in [0.29, 0.717) is 5.15 Å². The minimum atomic E-state index is 0. The van der Waals surface area contributed by atoms with Crippen LogP contribution in [-0.2, 0) is 12.6 Å². The summed E-state index contributed by atoms with van der Waals surface area (Å²) in [6.07, 6.45) is 6.67. The van der Waals surface area contributed by atoms with Gasteiger partial charge in [0.15, 0.2) is 0 Å². The standard InChI is InChI=1S/C7H5BrN2S2.C6H2BrClN2S.CH4S.Na/c1-11-7-6-5(9-3-10-7)4(8)2-12-6;7-3-1-11-5-4(3)9-2-10-6(5)8;1-2;/h2-3H,1H3;1-2H;2H,1H3;/q;;;+1/p-1. The fraction of sp³-hybridized carbons (Fsp3) is 0.143. The van der Waals surface area contributed by atoms with E-state index in [2.05, 4.69) is 64.4 Å². The van der Waals surface area contributed by atoms with Gasteiger partial charge in [-0.2, -0.15) is 6.26 Å². The van der Waals surface area contributed by atoms with Gasteiger partial charge in [-0.1, -0.05) is 11.6 Å². The van der Waals surface area contributed by atoms with E-state index in [-0.39, 0.29) is 29.6 Å². The Morgan fingerprint density at radius 1 is 0.923 bits per heavy atom. The van der Waals surface area contributed by atoms with Crippen molar-refractivity contribution in [2.45, 2.75) is 5.03 Å². The molecule has 0 aliphatic rings. The summed E-state index contributed by atoms with van der Waals surface area (Å²) in [5.74, 6) is 0. The molecule has 0 aromatic carbocycles. The number of thioether (sulfide) groups is 1. The molecule has 0 atom stereocenters. The minimum absolute atomic E-state index is 0. The molecule has 12 heteroatoms. The third-order valence-electron chi connectivity index (χ3n) is 2.74. The van der Waals surface area contributed by atoms with Crippen molar-refractivity contribution in [2.75, 3.05) is 12.5 Å². The van der Waals surface area contributed by atoms with E-state index in [1.807, 2.05) is 17.0 Å². The zero-order chi connectivity index (χ0) is 18.4. The van der Waals surface area contributed by atoms with Crippen LogP contribution in [0, 0.1) is 0 Å². The summed E-state index contributed by atoms with van der Waals surface area (Å²) in [4.78, 5) is 16.3. The van der Waals surface area contributed by atoms with Crippen LogP contribution < -0.4 is 29.6 Å². The van der Waals surface area contributed by atoms with Crippen LogP contribution in [0.3, 0.4) is 0 Å². The van der Waals surface area contributed by atoms with Crippen LogP contribution in [0.1, 0.15) is 0 Å². The number of aromatic nitrogens is 4. The predicted octanol–water partition coefficient (Wildman–Crippen LogP) is 3.45. The molecular weight excluding hydrogens is 571 g/mol. The number of nitrogens with zero attached hydrogens (tertiary/aromatic N) is 4. The van der Waals surface area contributed by atoms with Gasteiger partial charge in [-0.05, 0) is 38.1 Å². The van der Waals surface area contributed by atoms with Crippen LogP contribution in [0.2, 0.25) is 5.15 Å². The maximum Gasteiger partial charge on any atom is 1.00 e. The van der Waals surface area contributed by atoms with Crippen LogP contribution in [-0.4, -0.2) is 32.4 Å². The molecule has 0 aliphatic carbocycles. The molecule has 4 nitrogen and oxygen atoms in total. The van der Waals surface area contributed by atoms with Crippen molar-refractivity contribution < 1.29 is 29.6 Å². The Balaban J connectivity index is 0.000000230. The van der Waals surface area contributed by atoms with E-state index in [0.717, 1.165) is 34.4 Å². The van der Waals surface area contributed by atoms with Gasteiger partial charge in [-0.15, -0.1) is 34.4 Å². The number of thiophene rings is 2. The molecule has 0 unspecified atom stereocenters. The molecule has 0 aliphatic heterocycles. The van der Waals surface area contributed by atoms with Crippen LogP contribution in [0.4, 0.5) is 0 Å². The summed E-state index contributed by atoms with van der Waals surface area (Å²) in [5, 5.41) is 5.56. The number of fused-ring (bicyclic) bond motifs is 2. The second kappa shape index (κ2) is 12.6. The Morgan fingerprint density at radius 2 is 1.42 bits per heavy atom. The van der Waals surface area contributed by atoms with Gasteiger partial charge in [0.05, 0.1) is 23.9 Å². The molecular formula is C14H10Br2ClN4NaS4. The second-order valence-electron chi connectivity index (χ2n) is 4.07. The maximum atomic E-state index is 5.81. The molecule has 0 amide bonds. The first-order chi connectivity index (χ1) is 12.1. The maximum absolute atomic E-state index is 5.81. The van der Waals surface area contributed by atoms with E-state index in [1.165, 1.54) is 17.7 Å². The molecule has 4 rings (SSSR count). The van der Waals surface area contributed by atoms with E-state index in [1.54, 1.807) is 35.7 Å². The average Bonchev–Trinajstić information content (AvgIpc) is 3.22. The summed E-state index contributed by atoms with van der Waals surface area (Å²) in [6.45, 7) is 0. The summed E-state index contributed by atoms with van der Waals surface area (Å²) < 4.78 is 4.12. The quantitative estimate of drug-likeness (QED) is 0.149. The number of hydrogen-bond donors (Lipinski definition) is 0. The summed E-state index contributed by atoms with van der Waals surface area (Å²) in [6, 6.07) is 0. The van der Waals surface area contributed by atoms with Crippen molar-refractivity contribution in [1.29, 1.82) is 0 Å². The zero-order valence-electron chi connectivity index (χ0n) is 13.9. The normalized spacial score (nSPS) is 9.77. The van der Waals surface area contributed by atoms with Crippen molar-refractivity contribution >= 4 is 111 Å². The zero-order valence-corrected chi connectivity index (χ0v) is 23.1. The summed E-state index contributed by atoms with van der Waals surface area (Å²) in [7, 11) is 0. The van der Waals surface area contributed by atoms with E-state index in [4.69, 9.17) is 11.6 Å². The van der Waals surface area contributed by atoms with Gasteiger partial charge in [0, 0.05) is 10.8 Å². The summed E-state index contributed by atoms with van der Waals surface area (Å²) >= 11 is 21.6. The molecule has 4 aromatic rings. The first-order valence-corrected chi connectivity index (χ1v) is 12.2. The van der Waals surface area contributed by atoms with E-state index >= 15 is 0 Å². The van der Waals surface area contributed by atoms with Gasteiger partial charge < -0.3 is 12.6 Å². The summed E-state index contributed by atoms with van der Waals surface area (Å²) in [5.41, 5.74) is 1.90. The minimum Gasteiger partial charge on any atom is -0.796 e. The average molecular weight is 581 g/mol. The van der Waals surface area contributed by atoms with Gasteiger partial charge >= 0.3 is 29.6 Å². The fourth-order valence-corrected chi connectivity index (χ4v) is 5.78. The Bertz CT molecular complexity index is 982. The van der Waals surface area contributed by atoms with Crippen LogP contribution >= 0.6 is 77.9 Å². The third-order valence-corrected chi connectivity index (χ3v) is 7.73. The van der Waals surface area contributed by atoms with Crippen molar-refractivity contribution in [3.63, 3.8) is 0 Å². The molecule has 0 bridgehead atoms. The first kappa shape index (κ1) is 25.1.